The summed E-state index contributed by atoms with van der Waals surface area (Å²) < 4.78 is 0.777. The molecule has 1 aromatic heterocycles. The van der Waals surface area contributed by atoms with Crippen LogP contribution in [0.15, 0.2) is 12.1 Å². The molecule has 2 rings (SSSR count). The van der Waals surface area contributed by atoms with Crippen molar-refractivity contribution in [2.24, 2.45) is 5.92 Å². The lowest BCUT2D eigenvalue weighted by Gasteiger charge is -2.39. The Morgan fingerprint density at radius 2 is 2.33 bits per heavy atom. The third-order valence-corrected chi connectivity index (χ3v) is 4.93. The molecule has 0 spiro atoms. The van der Waals surface area contributed by atoms with Crippen molar-refractivity contribution in [2.75, 3.05) is 0 Å². The minimum Gasteiger partial charge on any atom is -0.384 e. The van der Waals surface area contributed by atoms with Gasteiger partial charge in [-0.15, -0.1) is 11.3 Å². The molecular weight excluding hydrogens is 228 g/mol. The third-order valence-electron chi connectivity index (χ3n) is 3.53. The minimum absolute atomic E-state index is 0.404. The van der Waals surface area contributed by atoms with Crippen LogP contribution < -0.4 is 0 Å². The highest BCUT2D eigenvalue weighted by Gasteiger charge is 2.40. The molecular formula is C12H17ClOS. The molecule has 2 unspecified atom stereocenters. The molecule has 1 aliphatic carbocycles. The van der Waals surface area contributed by atoms with E-state index in [0.717, 1.165) is 34.9 Å². The third kappa shape index (κ3) is 2.08. The Morgan fingerprint density at radius 3 is 2.93 bits per heavy atom. The van der Waals surface area contributed by atoms with E-state index >= 15 is 0 Å². The van der Waals surface area contributed by atoms with Crippen LogP contribution in [0.25, 0.3) is 0 Å². The summed E-state index contributed by atoms with van der Waals surface area (Å²) in [7, 11) is 0. The number of halogens is 1. The summed E-state index contributed by atoms with van der Waals surface area (Å²) in [5, 5.41) is 10.8. The van der Waals surface area contributed by atoms with Gasteiger partial charge < -0.3 is 5.11 Å². The Bertz CT molecular complexity index is 336. The first-order chi connectivity index (χ1) is 7.16. The molecule has 0 radical (unpaired) electrons. The van der Waals surface area contributed by atoms with Gasteiger partial charge in [0.2, 0.25) is 0 Å². The largest absolute Gasteiger partial charge is 0.384 e. The van der Waals surface area contributed by atoms with Crippen LogP contribution in [0.4, 0.5) is 0 Å². The smallest absolute Gasteiger partial charge is 0.102 e. The van der Waals surface area contributed by atoms with Gasteiger partial charge in [0, 0.05) is 4.88 Å². The lowest BCUT2D eigenvalue weighted by molar-refractivity contribution is -0.0526. The molecule has 0 amide bonds. The van der Waals surface area contributed by atoms with Crippen LogP contribution in [0.3, 0.4) is 0 Å². The standard InChI is InChI=1S/C12H17ClOS/c1-2-9-5-3-4-8-12(9,14)10-6-7-11(13)15-10/h6-7,9,14H,2-5,8H2,1H3. The zero-order valence-electron chi connectivity index (χ0n) is 9.00. The van der Waals surface area contributed by atoms with E-state index in [1.54, 1.807) is 0 Å². The van der Waals surface area contributed by atoms with Crippen molar-refractivity contribution < 1.29 is 5.11 Å². The van der Waals surface area contributed by atoms with E-state index in [1.165, 1.54) is 17.8 Å². The van der Waals surface area contributed by atoms with Gasteiger partial charge in [-0.1, -0.05) is 37.8 Å². The molecule has 0 bridgehead atoms. The van der Waals surface area contributed by atoms with Gasteiger partial charge in [0.1, 0.15) is 5.60 Å². The first kappa shape index (κ1) is 11.4. The normalized spacial score (nSPS) is 31.8. The average Bonchev–Trinajstić information content (AvgIpc) is 2.66. The quantitative estimate of drug-likeness (QED) is 0.827. The van der Waals surface area contributed by atoms with E-state index in [1.807, 2.05) is 12.1 Å². The van der Waals surface area contributed by atoms with Crippen molar-refractivity contribution >= 4 is 22.9 Å². The zero-order chi connectivity index (χ0) is 10.9. The zero-order valence-corrected chi connectivity index (χ0v) is 10.6. The molecule has 1 N–H and O–H groups in total. The van der Waals surface area contributed by atoms with Gasteiger partial charge in [-0.3, -0.25) is 0 Å². The minimum atomic E-state index is -0.606. The van der Waals surface area contributed by atoms with E-state index in [9.17, 15) is 5.11 Å². The van der Waals surface area contributed by atoms with Gasteiger partial charge >= 0.3 is 0 Å². The fraction of sp³-hybridized carbons (Fsp3) is 0.667. The number of thiophene rings is 1. The highest BCUT2D eigenvalue weighted by Crippen LogP contribution is 2.46. The fourth-order valence-corrected chi connectivity index (χ4v) is 3.88. The van der Waals surface area contributed by atoms with Crippen LogP contribution in [0, 0.1) is 5.92 Å². The van der Waals surface area contributed by atoms with Crippen LogP contribution >= 0.6 is 22.9 Å². The predicted octanol–water partition coefficient (Wildman–Crippen LogP) is 4.19. The highest BCUT2D eigenvalue weighted by atomic mass is 35.5. The van der Waals surface area contributed by atoms with E-state index in [-0.39, 0.29) is 0 Å². The molecule has 1 aliphatic rings. The first-order valence-electron chi connectivity index (χ1n) is 5.65. The second-order valence-corrected chi connectivity index (χ2v) is 6.09. The Kier molecular flexibility index (Phi) is 3.39. The van der Waals surface area contributed by atoms with Crippen LogP contribution in [0.1, 0.15) is 43.9 Å². The maximum absolute atomic E-state index is 10.8. The van der Waals surface area contributed by atoms with Crippen molar-refractivity contribution in [1.29, 1.82) is 0 Å². The number of rotatable bonds is 2. The van der Waals surface area contributed by atoms with E-state index in [4.69, 9.17) is 11.6 Å². The molecule has 0 aromatic carbocycles. The van der Waals surface area contributed by atoms with Gasteiger partial charge in [0.15, 0.2) is 0 Å². The highest BCUT2D eigenvalue weighted by molar-refractivity contribution is 7.16. The molecule has 1 aromatic rings. The molecule has 2 atom stereocenters. The van der Waals surface area contributed by atoms with Crippen LogP contribution in [-0.4, -0.2) is 5.11 Å². The molecule has 0 saturated heterocycles. The molecule has 15 heavy (non-hydrogen) atoms. The van der Waals surface area contributed by atoms with Crippen LogP contribution in [0.2, 0.25) is 4.34 Å². The van der Waals surface area contributed by atoms with Crippen molar-refractivity contribution in [3.05, 3.63) is 21.3 Å². The maximum atomic E-state index is 10.8. The Morgan fingerprint density at radius 1 is 1.53 bits per heavy atom. The summed E-state index contributed by atoms with van der Waals surface area (Å²) in [6.07, 6.45) is 5.46. The predicted molar refractivity (Wildman–Crippen MR) is 65.5 cm³/mol. The Balaban J connectivity index is 2.29. The lowest BCUT2D eigenvalue weighted by Crippen LogP contribution is -2.36. The maximum Gasteiger partial charge on any atom is 0.102 e. The number of hydrogen-bond acceptors (Lipinski definition) is 2. The average molecular weight is 245 g/mol. The van der Waals surface area contributed by atoms with Gasteiger partial charge in [0.25, 0.3) is 0 Å². The van der Waals surface area contributed by atoms with E-state index in [2.05, 4.69) is 6.92 Å². The summed E-state index contributed by atoms with van der Waals surface area (Å²) in [5.41, 5.74) is -0.606. The first-order valence-corrected chi connectivity index (χ1v) is 6.84. The van der Waals surface area contributed by atoms with E-state index < -0.39 is 5.60 Å². The van der Waals surface area contributed by atoms with Crippen LogP contribution in [-0.2, 0) is 5.60 Å². The molecule has 3 heteroatoms. The van der Waals surface area contributed by atoms with Crippen molar-refractivity contribution in [2.45, 2.75) is 44.6 Å². The fourth-order valence-electron chi connectivity index (χ4n) is 2.64. The van der Waals surface area contributed by atoms with Gasteiger partial charge in [-0.05, 0) is 30.9 Å². The molecule has 1 heterocycles. The topological polar surface area (TPSA) is 20.2 Å². The van der Waals surface area contributed by atoms with E-state index in [0.29, 0.717) is 5.92 Å². The Labute approximate surface area is 100 Å². The SMILES string of the molecule is CCC1CCCCC1(O)c1ccc(Cl)s1. The van der Waals surface area contributed by atoms with Crippen molar-refractivity contribution in [3.63, 3.8) is 0 Å². The summed E-state index contributed by atoms with van der Waals surface area (Å²) in [5.74, 6) is 0.404. The molecule has 1 saturated carbocycles. The van der Waals surface area contributed by atoms with Gasteiger partial charge in [0.05, 0.1) is 4.34 Å². The number of hydrogen-bond donors (Lipinski definition) is 1. The van der Waals surface area contributed by atoms with Crippen molar-refractivity contribution in [1.82, 2.24) is 0 Å². The van der Waals surface area contributed by atoms with Crippen molar-refractivity contribution in [3.8, 4) is 0 Å². The summed E-state index contributed by atoms with van der Waals surface area (Å²) in [6, 6.07) is 3.88. The Hall–Kier alpha value is -0.0500. The molecule has 0 aliphatic heterocycles. The summed E-state index contributed by atoms with van der Waals surface area (Å²) in [4.78, 5) is 1.05. The molecule has 1 fully saturated rings. The van der Waals surface area contributed by atoms with Crippen LogP contribution in [0.5, 0.6) is 0 Å². The summed E-state index contributed by atoms with van der Waals surface area (Å²) in [6.45, 7) is 2.16. The van der Waals surface area contributed by atoms with Gasteiger partial charge in [-0.2, -0.15) is 0 Å². The summed E-state index contributed by atoms with van der Waals surface area (Å²) >= 11 is 7.47. The van der Waals surface area contributed by atoms with Gasteiger partial charge in [-0.25, -0.2) is 0 Å². The second-order valence-electron chi connectivity index (χ2n) is 4.38. The molecule has 1 nitrogen and oxygen atoms in total. The molecule has 84 valence electrons. The monoisotopic (exact) mass is 244 g/mol. The lowest BCUT2D eigenvalue weighted by atomic mass is 9.73. The number of aliphatic hydroxyl groups is 1. The second kappa shape index (κ2) is 4.44.